The smallest absolute Gasteiger partial charge is 0.238 e. The summed E-state index contributed by atoms with van der Waals surface area (Å²) in [6.45, 7) is 8.25. The number of nitrogens with one attached hydrogen (secondary N) is 2. The summed E-state index contributed by atoms with van der Waals surface area (Å²) in [5.41, 5.74) is 3.01. The van der Waals surface area contributed by atoms with E-state index in [0.29, 0.717) is 6.54 Å². The lowest BCUT2D eigenvalue weighted by Gasteiger charge is -2.35. The highest BCUT2D eigenvalue weighted by Crippen LogP contribution is 2.14. The molecule has 1 aliphatic heterocycles. The van der Waals surface area contributed by atoms with Crippen LogP contribution < -0.4 is 10.6 Å². The highest BCUT2D eigenvalue weighted by atomic mass is 32.1. The number of carbonyl (C=O) groups excluding carboxylic acids is 1. The van der Waals surface area contributed by atoms with Gasteiger partial charge in [0.2, 0.25) is 5.91 Å². The molecule has 0 saturated carbocycles. The number of nitrogens with zero attached hydrogens (tertiary/aromatic N) is 2. The van der Waals surface area contributed by atoms with Crippen LogP contribution in [0.15, 0.2) is 5.51 Å². The highest BCUT2D eigenvalue weighted by molar-refractivity contribution is 7.09. The van der Waals surface area contributed by atoms with E-state index in [0.717, 1.165) is 38.3 Å². The Balaban J connectivity index is 1.92. The van der Waals surface area contributed by atoms with Crippen molar-refractivity contribution < 1.29 is 4.79 Å². The van der Waals surface area contributed by atoms with Gasteiger partial charge in [0.25, 0.3) is 0 Å². The Morgan fingerprint density at radius 1 is 1.68 bits per heavy atom. The zero-order valence-corrected chi connectivity index (χ0v) is 12.4. The van der Waals surface area contributed by atoms with Gasteiger partial charge in [0.1, 0.15) is 6.04 Å². The van der Waals surface area contributed by atoms with Crippen LogP contribution in [0.25, 0.3) is 0 Å². The number of aryl methyl sites for hydroxylation is 1. The lowest BCUT2D eigenvalue weighted by atomic mass is 10.1. The zero-order chi connectivity index (χ0) is 13.7. The Hall–Kier alpha value is -0.980. The van der Waals surface area contributed by atoms with Crippen molar-refractivity contribution >= 4 is 17.2 Å². The van der Waals surface area contributed by atoms with Crippen LogP contribution in [0.5, 0.6) is 0 Å². The van der Waals surface area contributed by atoms with Crippen molar-refractivity contribution in [2.75, 3.05) is 32.7 Å². The standard InChI is InChI=1S/C13H22N4OS/c1-3-15-13(18)11-8-14-5-7-17(11)6-4-12-10(2)16-9-19-12/h9,11,14H,3-8H2,1-2H3,(H,15,18). The predicted molar refractivity (Wildman–Crippen MR) is 77.5 cm³/mol. The molecule has 19 heavy (non-hydrogen) atoms. The van der Waals surface area contributed by atoms with Crippen molar-refractivity contribution in [3.8, 4) is 0 Å². The summed E-state index contributed by atoms with van der Waals surface area (Å²) in [5, 5.41) is 6.22. The van der Waals surface area contributed by atoms with Crippen LogP contribution in [0, 0.1) is 6.92 Å². The van der Waals surface area contributed by atoms with E-state index in [-0.39, 0.29) is 11.9 Å². The van der Waals surface area contributed by atoms with Crippen molar-refractivity contribution in [3.63, 3.8) is 0 Å². The normalized spacial score (nSPS) is 20.4. The molecule has 1 atom stereocenters. The largest absolute Gasteiger partial charge is 0.355 e. The first-order chi connectivity index (χ1) is 9.22. The molecule has 1 fully saturated rings. The Morgan fingerprint density at radius 2 is 2.53 bits per heavy atom. The van der Waals surface area contributed by atoms with Crippen LogP contribution in [0.4, 0.5) is 0 Å². The van der Waals surface area contributed by atoms with E-state index in [9.17, 15) is 4.79 Å². The lowest BCUT2D eigenvalue weighted by molar-refractivity contribution is -0.126. The van der Waals surface area contributed by atoms with Crippen LogP contribution in [0.3, 0.4) is 0 Å². The Kier molecular flexibility index (Phi) is 5.30. The molecule has 0 aromatic carbocycles. The first-order valence-electron chi connectivity index (χ1n) is 6.83. The molecule has 0 bridgehead atoms. The molecular weight excluding hydrogens is 260 g/mol. The number of hydrogen-bond acceptors (Lipinski definition) is 5. The minimum absolute atomic E-state index is 0.0399. The molecule has 0 aliphatic carbocycles. The number of piperazine rings is 1. The summed E-state index contributed by atoms with van der Waals surface area (Å²) in [6.07, 6.45) is 0.979. The van der Waals surface area contributed by atoms with Gasteiger partial charge in [0.15, 0.2) is 0 Å². The second-order valence-electron chi connectivity index (χ2n) is 4.76. The highest BCUT2D eigenvalue weighted by Gasteiger charge is 2.27. The first-order valence-corrected chi connectivity index (χ1v) is 7.71. The number of likely N-dealkylation sites (N-methyl/N-ethyl adjacent to an activating group) is 1. The SMILES string of the molecule is CCNC(=O)C1CNCCN1CCc1scnc1C. The summed E-state index contributed by atoms with van der Waals surface area (Å²) >= 11 is 1.70. The van der Waals surface area contributed by atoms with Crippen molar-refractivity contribution in [1.29, 1.82) is 0 Å². The van der Waals surface area contributed by atoms with Gasteiger partial charge in [-0.3, -0.25) is 9.69 Å². The van der Waals surface area contributed by atoms with Gasteiger partial charge in [0.05, 0.1) is 11.2 Å². The van der Waals surface area contributed by atoms with E-state index < -0.39 is 0 Å². The van der Waals surface area contributed by atoms with Gasteiger partial charge >= 0.3 is 0 Å². The minimum Gasteiger partial charge on any atom is -0.355 e. The summed E-state index contributed by atoms with van der Waals surface area (Å²) in [6, 6.07) is -0.0399. The summed E-state index contributed by atoms with van der Waals surface area (Å²) in [5.74, 6) is 0.135. The van der Waals surface area contributed by atoms with Crippen LogP contribution in [-0.2, 0) is 11.2 Å². The number of thiazole rings is 1. The molecule has 1 aliphatic rings. The fourth-order valence-corrected chi connectivity index (χ4v) is 3.15. The Bertz CT molecular complexity index is 421. The number of hydrogen-bond donors (Lipinski definition) is 2. The number of carbonyl (C=O) groups is 1. The average Bonchev–Trinajstić information content (AvgIpc) is 2.82. The molecule has 1 saturated heterocycles. The van der Waals surface area contributed by atoms with E-state index in [1.165, 1.54) is 4.88 Å². The van der Waals surface area contributed by atoms with Crippen LogP contribution in [0.2, 0.25) is 0 Å². The number of aromatic nitrogens is 1. The van der Waals surface area contributed by atoms with Crippen LogP contribution in [-0.4, -0.2) is 54.6 Å². The van der Waals surface area contributed by atoms with Gasteiger partial charge in [-0.25, -0.2) is 4.98 Å². The van der Waals surface area contributed by atoms with E-state index in [1.54, 1.807) is 11.3 Å². The van der Waals surface area contributed by atoms with Gasteiger partial charge in [-0.05, 0) is 20.3 Å². The van der Waals surface area contributed by atoms with Crippen molar-refractivity contribution in [1.82, 2.24) is 20.5 Å². The molecule has 1 aromatic rings. The van der Waals surface area contributed by atoms with Crippen molar-refractivity contribution in [3.05, 3.63) is 16.1 Å². The summed E-state index contributed by atoms with van der Waals surface area (Å²) in [7, 11) is 0. The maximum atomic E-state index is 12.0. The summed E-state index contributed by atoms with van der Waals surface area (Å²) < 4.78 is 0. The molecular formula is C13H22N4OS. The van der Waals surface area contributed by atoms with E-state index in [2.05, 4.69) is 20.5 Å². The van der Waals surface area contributed by atoms with Gasteiger partial charge in [-0.15, -0.1) is 11.3 Å². The average molecular weight is 282 g/mol. The van der Waals surface area contributed by atoms with Crippen LogP contribution >= 0.6 is 11.3 Å². The van der Waals surface area contributed by atoms with E-state index >= 15 is 0 Å². The molecule has 1 amide bonds. The zero-order valence-electron chi connectivity index (χ0n) is 11.6. The van der Waals surface area contributed by atoms with E-state index in [1.807, 2.05) is 19.4 Å². The Morgan fingerprint density at radius 3 is 3.21 bits per heavy atom. The van der Waals surface area contributed by atoms with Gasteiger partial charge < -0.3 is 10.6 Å². The summed E-state index contributed by atoms with van der Waals surface area (Å²) in [4.78, 5) is 19.9. The fourth-order valence-electron chi connectivity index (χ4n) is 2.38. The second-order valence-corrected chi connectivity index (χ2v) is 5.70. The predicted octanol–water partition coefficient (Wildman–Crippen LogP) is 0.404. The maximum absolute atomic E-state index is 12.0. The molecule has 5 nitrogen and oxygen atoms in total. The van der Waals surface area contributed by atoms with Crippen molar-refractivity contribution in [2.45, 2.75) is 26.3 Å². The molecule has 1 aromatic heterocycles. The molecule has 0 radical (unpaired) electrons. The lowest BCUT2D eigenvalue weighted by Crippen LogP contribution is -2.58. The van der Waals surface area contributed by atoms with Gasteiger partial charge in [0, 0.05) is 37.6 Å². The molecule has 106 valence electrons. The number of amides is 1. The Labute approximate surface area is 118 Å². The van der Waals surface area contributed by atoms with Crippen molar-refractivity contribution in [2.24, 2.45) is 0 Å². The molecule has 0 spiro atoms. The fraction of sp³-hybridized carbons (Fsp3) is 0.692. The third kappa shape index (κ3) is 3.75. The number of rotatable bonds is 5. The van der Waals surface area contributed by atoms with E-state index in [4.69, 9.17) is 0 Å². The monoisotopic (exact) mass is 282 g/mol. The van der Waals surface area contributed by atoms with Crippen LogP contribution in [0.1, 0.15) is 17.5 Å². The molecule has 6 heteroatoms. The van der Waals surface area contributed by atoms with Gasteiger partial charge in [-0.1, -0.05) is 0 Å². The molecule has 2 heterocycles. The third-order valence-electron chi connectivity index (χ3n) is 3.48. The second kappa shape index (κ2) is 6.98. The molecule has 2 N–H and O–H groups in total. The molecule has 1 unspecified atom stereocenters. The quantitative estimate of drug-likeness (QED) is 0.821. The minimum atomic E-state index is -0.0399. The third-order valence-corrected chi connectivity index (χ3v) is 4.47. The maximum Gasteiger partial charge on any atom is 0.238 e. The van der Waals surface area contributed by atoms with Gasteiger partial charge in [-0.2, -0.15) is 0 Å². The first kappa shape index (κ1) is 14.4. The topological polar surface area (TPSA) is 57.3 Å². The molecule has 2 rings (SSSR count).